The number of hydroxylamine groups is 1. The molecule has 6 nitrogen and oxygen atoms in total. The second kappa shape index (κ2) is 8.05. The number of rotatable bonds is 4. The standard InChI is InChI=1S/C21H22N3O3P/c1-4-17-22-19-15(10-14(11-16(19)28)8-9-18(25)23-27)21(26)24(17)20-12(2)6-5-7-13(20)3/h5-11,27H,4,28H2,1-3H3,(H,23,25)/b9-8+. The minimum Gasteiger partial charge on any atom is -0.288 e. The monoisotopic (exact) mass is 395 g/mol. The molecule has 1 heterocycles. The summed E-state index contributed by atoms with van der Waals surface area (Å²) in [6.45, 7) is 5.93. The van der Waals surface area contributed by atoms with E-state index >= 15 is 0 Å². The summed E-state index contributed by atoms with van der Waals surface area (Å²) >= 11 is 0. The number of nitrogens with one attached hydrogen (secondary N) is 1. The molecule has 144 valence electrons. The lowest BCUT2D eigenvalue weighted by atomic mass is 10.1. The van der Waals surface area contributed by atoms with Crippen LogP contribution in [0.25, 0.3) is 22.7 Å². The van der Waals surface area contributed by atoms with E-state index in [4.69, 9.17) is 10.2 Å². The number of benzene rings is 2. The van der Waals surface area contributed by atoms with Gasteiger partial charge in [0.1, 0.15) is 5.82 Å². The van der Waals surface area contributed by atoms with E-state index in [1.807, 2.05) is 45.0 Å². The minimum absolute atomic E-state index is 0.148. The summed E-state index contributed by atoms with van der Waals surface area (Å²) in [5.74, 6) is 0.0550. The average molecular weight is 395 g/mol. The zero-order chi connectivity index (χ0) is 20.4. The Morgan fingerprint density at radius 3 is 2.57 bits per heavy atom. The second-order valence-corrected chi connectivity index (χ2v) is 7.20. The van der Waals surface area contributed by atoms with Crippen LogP contribution in [-0.2, 0) is 11.2 Å². The summed E-state index contributed by atoms with van der Waals surface area (Å²) in [6, 6.07) is 9.46. The van der Waals surface area contributed by atoms with Crippen molar-refractivity contribution in [3.05, 3.63) is 69.3 Å². The Morgan fingerprint density at radius 2 is 1.96 bits per heavy atom. The highest BCUT2D eigenvalue weighted by Gasteiger charge is 2.16. The third-order valence-electron chi connectivity index (χ3n) is 4.61. The van der Waals surface area contributed by atoms with Crippen molar-refractivity contribution < 1.29 is 10.0 Å². The number of amides is 1. The van der Waals surface area contributed by atoms with E-state index in [1.165, 1.54) is 12.2 Å². The maximum atomic E-state index is 13.5. The molecule has 1 amide bonds. The SMILES string of the molecule is CCc1nc2c(P)cc(/C=C/C(=O)NO)cc2c(=O)n1-c1c(C)cccc1C. The van der Waals surface area contributed by atoms with Gasteiger partial charge in [-0.2, -0.15) is 0 Å². The largest absolute Gasteiger partial charge is 0.288 e. The summed E-state index contributed by atoms with van der Waals surface area (Å²) in [5.41, 5.74) is 5.54. The number of aryl methyl sites for hydroxylation is 3. The lowest BCUT2D eigenvalue weighted by molar-refractivity contribution is -0.124. The summed E-state index contributed by atoms with van der Waals surface area (Å²) in [4.78, 5) is 29.5. The first-order valence-corrected chi connectivity index (χ1v) is 9.49. The highest BCUT2D eigenvalue weighted by Crippen LogP contribution is 2.21. The van der Waals surface area contributed by atoms with Gasteiger partial charge >= 0.3 is 0 Å². The van der Waals surface area contributed by atoms with E-state index < -0.39 is 5.91 Å². The van der Waals surface area contributed by atoms with Crippen LogP contribution in [0.4, 0.5) is 0 Å². The van der Waals surface area contributed by atoms with E-state index in [9.17, 15) is 9.59 Å². The molecule has 3 aromatic rings. The number of nitrogens with zero attached hydrogens (tertiary/aromatic N) is 2. The predicted octanol–water partition coefficient (Wildman–Crippen LogP) is 2.58. The van der Waals surface area contributed by atoms with Crippen LogP contribution in [0.5, 0.6) is 0 Å². The van der Waals surface area contributed by atoms with Gasteiger partial charge in [-0.3, -0.25) is 19.4 Å². The molecule has 0 aliphatic heterocycles. The third-order valence-corrected chi connectivity index (χ3v) is 5.05. The fraction of sp³-hybridized carbons (Fsp3) is 0.190. The molecule has 1 aromatic heterocycles. The summed E-state index contributed by atoms with van der Waals surface area (Å²) < 4.78 is 1.69. The number of carbonyl (C=O) groups is 1. The molecular formula is C21H22N3O3P. The smallest absolute Gasteiger partial charge is 0.267 e. The van der Waals surface area contributed by atoms with Gasteiger partial charge < -0.3 is 0 Å². The lowest BCUT2D eigenvalue weighted by Crippen LogP contribution is -2.26. The lowest BCUT2D eigenvalue weighted by Gasteiger charge is -2.17. The van der Waals surface area contributed by atoms with Gasteiger partial charge in [-0.25, -0.2) is 10.5 Å². The first kappa shape index (κ1) is 19.9. The quantitative estimate of drug-likeness (QED) is 0.308. The molecule has 0 saturated carbocycles. The third kappa shape index (κ3) is 3.61. The molecule has 7 heteroatoms. The van der Waals surface area contributed by atoms with Crippen molar-refractivity contribution in [2.45, 2.75) is 27.2 Å². The Bertz CT molecular complexity index is 1150. The Morgan fingerprint density at radius 1 is 1.29 bits per heavy atom. The Kier molecular flexibility index (Phi) is 5.73. The van der Waals surface area contributed by atoms with Crippen LogP contribution in [0.3, 0.4) is 0 Å². The van der Waals surface area contributed by atoms with Crippen LogP contribution in [-0.4, -0.2) is 20.7 Å². The van der Waals surface area contributed by atoms with E-state index in [1.54, 1.807) is 16.1 Å². The minimum atomic E-state index is -0.641. The summed E-state index contributed by atoms with van der Waals surface area (Å²) in [5, 5.41) is 9.87. The molecule has 2 aromatic carbocycles. The van der Waals surface area contributed by atoms with Crippen molar-refractivity contribution in [3.63, 3.8) is 0 Å². The molecule has 0 saturated heterocycles. The van der Waals surface area contributed by atoms with Gasteiger partial charge in [0.2, 0.25) is 0 Å². The van der Waals surface area contributed by atoms with Gasteiger partial charge in [0.15, 0.2) is 0 Å². The second-order valence-electron chi connectivity index (χ2n) is 6.58. The van der Waals surface area contributed by atoms with Crippen molar-refractivity contribution in [1.82, 2.24) is 15.0 Å². The Balaban J connectivity index is 2.34. The molecule has 28 heavy (non-hydrogen) atoms. The molecule has 0 radical (unpaired) electrons. The zero-order valence-corrected chi connectivity index (χ0v) is 17.1. The average Bonchev–Trinajstić information content (AvgIpc) is 2.67. The van der Waals surface area contributed by atoms with Crippen molar-refractivity contribution in [3.8, 4) is 5.69 Å². The molecule has 2 N–H and O–H groups in total. The van der Waals surface area contributed by atoms with Gasteiger partial charge in [-0.1, -0.05) is 25.1 Å². The zero-order valence-electron chi connectivity index (χ0n) is 16.0. The maximum Gasteiger partial charge on any atom is 0.267 e. The van der Waals surface area contributed by atoms with Crippen LogP contribution < -0.4 is 16.3 Å². The van der Waals surface area contributed by atoms with Crippen LogP contribution in [0.15, 0.2) is 41.2 Å². The molecule has 0 aliphatic rings. The number of hydrogen-bond acceptors (Lipinski definition) is 4. The van der Waals surface area contributed by atoms with Crippen molar-refractivity contribution in [1.29, 1.82) is 0 Å². The van der Waals surface area contributed by atoms with Crippen molar-refractivity contribution in [2.75, 3.05) is 0 Å². The van der Waals surface area contributed by atoms with Crippen molar-refractivity contribution >= 4 is 37.4 Å². The first-order valence-electron chi connectivity index (χ1n) is 8.91. The number of fused-ring (bicyclic) bond motifs is 1. The fourth-order valence-corrected chi connectivity index (χ4v) is 3.73. The molecule has 0 spiro atoms. The van der Waals surface area contributed by atoms with E-state index in [0.717, 1.165) is 22.1 Å². The summed E-state index contributed by atoms with van der Waals surface area (Å²) in [7, 11) is 2.60. The highest BCUT2D eigenvalue weighted by molar-refractivity contribution is 7.28. The molecule has 0 bridgehead atoms. The Hall–Kier alpha value is -2.82. The Labute approximate surface area is 165 Å². The maximum absolute atomic E-state index is 13.5. The van der Waals surface area contributed by atoms with Gasteiger partial charge in [-0.05, 0) is 54.1 Å². The van der Waals surface area contributed by atoms with Crippen LogP contribution in [0, 0.1) is 13.8 Å². The molecule has 1 unspecified atom stereocenters. The molecule has 1 atom stereocenters. The van der Waals surface area contributed by atoms with Crippen LogP contribution >= 0.6 is 9.24 Å². The van der Waals surface area contributed by atoms with E-state index in [2.05, 4.69) is 9.24 Å². The van der Waals surface area contributed by atoms with Crippen LogP contribution in [0.1, 0.15) is 29.4 Å². The van der Waals surface area contributed by atoms with E-state index in [0.29, 0.717) is 28.7 Å². The highest BCUT2D eigenvalue weighted by atomic mass is 31.0. The molecule has 0 fully saturated rings. The number of para-hydroxylation sites is 1. The molecular weight excluding hydrogens is 373 g/mol. The van der Waals surface area contributed by atoms with Crippen molar-refractivity contribution in [2.24, 2.45) is 0 Å². The number of carbonyl (C=O) groups excluding carboxylic acids is 1. The fourth-order valence-electron chi connectivity index (χ4n) is 3.32. The van der Waals surface area contributed by atoms with Gasteiger partial charge in [0.05, 0.1) is 16.6 Å². The number of hydrogen-bond donors (Lipinski definition) is 2. The first-order chi connectivity index (χ1) is 13.4. The van der Waals surface area contributed by atoms with Gasteiger partial charge in [0, 0.05) is 12.5 Å². The predicted molar refractivity (Wildman–Crippen MR) is 114 cm³/mol. The van der Waals surface area contributed by atoms with E-state index in [-0.39, 0.29) is 5.56 Å². The van der Waals surface area contributed by atoms with Crippen LogP contribution in [0.2, 0.25) is 0 Å². The number of aromatic nitrogens is 2. The summed E-state index contributed by atoms with van der Waals surface area (Å²) in [6.07, 6.45) is 3.35. The molecule has 3 rings (SSSR count). The topological polar surface area (TPSA) is 84.2 Å². The molecule has 0 aliphatic carbocycles. The van der Waals surface area contributed by atoms with Gasteiger partial charge in [-0.15, -0.1) is 9.24 Å². The van der Waals surface area contributed by atoms with Gasteiger partial charge in [0.25, 0.3) is 11.5 Å². The normalized spacial score (nSPS) is 11.3.